The van der Waals surface area contributed by atoms with Crippen LogP contribution >= 0.6 is 24.0 Å². The number of aliphatic imine (C=N–C) groups is 1. The fourth-order valence-corrected chi connectivity index (χ4v) is 4.73. The number of piperidine rings is 1. The van der Waals surface area contributed by atoms with Gasteiger partial charge in [0.05, 0.1) is 12.3 Å². The minimum atomic E-state index is -3.14. The van der Waals surface area contributed by atoms with Crippen LogP contribution in [0.1, 0.15) is 40.0 Å². The minimum Gasteiger partial charge on any atom is -0.486 e. The molecule has 7 nitrogen and oxygen atoms in total. The lowest BCUT2D eigenvalue weighted by Crippen LogP contribution is -2.50. The SMILES string of the molecule is CCCS(=O)(=O)N1CCC(NC(=NCC(C)Oc2ccccc2F)NCC)CC1.I. The summed E-state index contributed by atoms with van der Waals surface area (Å²) in [4.78, 5) is 4.55. The van der Waals surface area contributed by atoms with Crippen molar-refractivity contribution in [2.45, 2.75) is 52.2 Å². The maximum absolute atomic E-state index is 13.7. The van der Waals surface area contributed by atoms with Gasteiger partial charge in [-0.1, -0.05) is 19.1 Å². The number of halogens is 2. The molecular weight excluding hydrogens is 522 g/mol. The third-order valence-corrected chi connectivity index (χ3v) is 6.74. The van der Waals surface area contributed by atoms with E-state index < -0.39 is 15.8 Å². The molecule has 0 aliphatic carbocycles. The van der Waals surface area contributed by atoms with Crippen LogP contribution in [0.5, 0.6) is 5.75 Å². The lowest BCUT2D eigenvalue weighted by Gasteiger charge is -2.32. The average molecular weight is 556 g/mol. The van der Waals surface area contributed by atoms with Gasteiger partial charge in [0.15, 0.2) is 17.5 Å². The van der Waals surface area contributed by atoms with Gasteiger partial charge in [-0.05, 0) is 45.2 Å². The van der Waals surface area contributed by atoms with Crippen molar-refractivity contribution in [2.75, 3.05) is 31.9 Å². The van der Waals surface area contributed by atoms with Gasteiger partial charge in [0.1, 0.15) is 6.10 Å². The number of nitrogens with one attached hydrogen (secondary N) is 2. The molecule has 2 N–H and O–H groups in total. The number of guanidine groups is 1. The highest BCUT2D eigenvalue weighted by molar-refractivity contribution is 14.0. The Hall–Kier alpha value is -1.14. The highest BCUT2D eigenvalue weighted by Crippen LogP contribution is 2.17. The molecular formula is C20H34FIN4O3S. The van der Waals surface area contributed by atoms with E-state index >= 15 is 0 Å². The smallest absolute Gasteiger partial charge is 0.214 e. The summed E-state index contributed by atoms with van der Waals surface area (Å²) < 4.78 is 45.3. The Morgan fingerprint density at radius 3 is 2.57 bits per heavy atom. The van der Waals surface area contributed by atoms with E-state index in [-0.39, 0.29) is 47.6 Å². The third-order valence-electron chi connectivity index (χ3n) is 4.67. The van der Waals surface area contributed by atoms with Gasteiger partial charge < -0.3 is 15.4 Å². The molecule has 0 spiro atoms. The standard InChI is InChI=1S/C20H33FN4O3S.HI/c1-4-14-29(26,27)25-12-10-17(11-13-25)24-20(22-5-2)23-15-16(3)28-19-9-7-6-8-18(19)21;/h6-9,16-17H,4-5,10-15H2,1-3H3,(H2,22,23,24);1H. The van der Waals surface area contributed by atoms with Gasteiger partial charge in [0.25, 0.3) is 0 Å². The van der Waals surface area contributed by atoms with E-state index in [0.717, 1.165) is 12.8 Å². The van der Waals surface area contributed by atoms with Gasteiger partial charge in [-0.3, -0.25) is 0 Å². The number of sulfonamides is 1. The Morgan fingerprint density at radius 2 is 1.97 bits per heavy atom. The highest BCUT2D eigenvalue weighted by atomic mass is 127. The van der Waals surface area contributed by atoms with Crippen molar-refractivity contribution in [1.82, 2.24) is 14.9 Å². The molecule has 1 aliphatic rings. The molecule has 1 aromatic carbocycles. The molecule has 0 aromatic heterocycles. The van der Waals surface area contributed by atoms with E-state index in [2.05, 4.69) is 15.6 Å². The summed E-state index contributed by atoms with van der Waals surface area (Å²) in [5.41, 5.74) is 0. The quantitative estimate of drug-likeness (QED) is 0.278. The zero-order chi connectivity index (χ0) is 21.3. The van der Waals surface area contributed by atoms with E-state index in [0.29, 0.717) is 38.6 Å². The highest BCUT2D eigenvalue weighted by Gasteiger charge is 2.27. The van der Waals surface area contributed by atoms with Crippen LogP contribution in [0.25, 0.3) is 0 Å². The van der Waals surface area contributed by atoms with Gasteiger partial charge in [-0.15, -0.1) is 24.0 Å². The first-order valence-corrected chi connectivity index (χ1v) is 11.9. The Morgan fingerprint density at radius 1 is 1.30 bits per heavy atom. The van der Waals surface area contributed by atoms with Crippen molar-refractivity contribution in [3.05, 3.63) is 30.1 Å². The van der Waals surface area contributed by atoms with Crippen LogP contribution in [0.2, 0.25) is 0 Å². The number of benzene rings is 1. The zero-order valence-corrected chi connectivity index (χ0v) is 21.1. The number of hydrogen-bond donors (Lipinski definition) is 2. The number of hydrogen-bond acceptors (Lipinski definition) is 4. The molecule has 1 aliphatic heterocycles. The summed E-state index contributed by atoms with van der Waals surface area (Å²) >= 11 is 0. The summed E-state index contributed by atoms with van der Waals surface area (Å²) in [5.74, 6) is 0.688. The monoisotopic (exact) mass is 556 g/mol. The topological polar surface area (TPSA) is 83.0 Å². The van der Waals surface area contributed by atoms with Crippen molar-refractivity contribution in [3.63, 3.8) is 0 Å². The Kier molecular flexibility index (Phi) is 11.9. The van der Waals surface area contributed by atoms with Crippen LogP contribution in [0.3, 0.4) is 0 Å². The molecule has 30 heavy (non-hydrogen) atoms. The molecule has 1 aromatic rings. The van der Waals surface area contributed by atoms with Crippen molar-refractivity contribution >= 4 is 40.0 Å². The fourth-order valence-electron chi connectivity index (χ4n) is 3.19. The van der Waals surface area contributed by atoms with Crippen molar-refractivity contribution < 1.29 is 17.5 Å². The number of rotatable bonds is 9. The van der Waals surface area contributed by atoms with E-state index in [1.165, 1.54) is 6.07 Å². The van der Waals surface area contributed by atoms with Crippen LogP contribution in [0, 0.1) is 5.82 Å². The van der Waals surface area contributed by atoms with E-state index in [9.17, 15) is 12.8 Å². The summed E-state index contributed by atoms with van der Waals surface area (Å²) in [7, 11) is -3.14. The Balaban J connectivity index is 0.00000450. The average Bonchev–Trinajstić information content (AvgIpc) is 2.68. The summed E-state index contributed by atoms with van der Waals surface area (Å²) in [6.45, 7) is 7.82. The summed E-state index contributed by atoms with van der Waals surface area (Å²) in [5, 5.41) is 6.58. The summed E-state index contributed by atoms with van der Waals surface area (Å²) in [6, 6.07) is 6.47. The predicted octanol–water partition coefficient (Wildman–Crippen LogP) is 2.97. The van der Waals surface area contributed by atoms with Crippen LogP contribution in [0.15, 0.2) is 29.3 Å². The van der Waals surface area contributed by atoms with Crippen molar-refractivity contribution in [2.24, 2.45) is 4.99 Å². The van der Waals surface area contributed by atoms with Crippen molar-refractivity contribution in [3.8, 4) is 5.75 Å². The molecule has 172 valence electrons. The largest absolute Gasteiger partial charge is 0.486 e. The third kappa shape index (κ3) is 8.54. The zero-order valence-electron chi connectivity index (χ0n) is 17.9. The molecule has 1 fully saturated rings. The molecule has 1 unspecified atom stereocenters. The normalized spacial score (nSPS) is 17.1. The van der Waals surface area contributed by atoms with E-state index in [4.69, 9.17) is 4.74 Å². The van der Waals surface area contributed by atoms with Crippen LogP contribution in [0.4, 0.5) is 4.39 Å². The second-order valence-corrected chi connectivity index (χ2v) is 9.30. The number of nitrogens with zero attached hydrogens (tertiary/aromatic N) is 2. The van der Waals surface area contributed by atoms with Gasteiger partial charge in [-0.2, -0.15) is 0 Å². The minimum absolute atomic E-state index is 0. The van der Waals surface area contributed by atoms with E-state index in [1.54, 1.807) is 22.5 Å². The molecule has 0 saturated carbocycles. The maximum Gasteiger partial charge on any atom is 0.214 e. The van der Waals surface area contributed by atoms with Crippen LogP contribution < -0.4 is 15.4 Å². The molecule has 1 heterocycles. The van der Waals surface area contributed by atoms with E-state index in [1.807, 2.05) is 20.8 Å². The Labute approximate surface area is 196 Å². The van der Waals surface area contributed by atoms with Crippen LogP contribution in [-0.4, -0.2) is 62.8 Å². The lowest BCUT2D eigenvalue weighted by molar-refractivity contribution is 0.219. The molecule has 10 heteroatoms. The van der Waals surface area contributed by atoms with Crippen LogP contribution in [-0.2, 0) is 10.0 Å². The maximum atomic E-state index is 13.7. The molecule has 0 radical (unpaired) electrons. The first kappa shape index (κ1) is 26.9. The van der Waals surface area contributed by atoms with Gasteiger partial charge >= 0.3 is 0 Å². The molecule has 0 amide bonds. The second kappa shape index (κ2) is 13.3. The molecule has 2 rings (SSSR count). The molecule has 0 bridgehead atoms. The lowest BCUT2D eigenvalue weighted by atomic mass is 10.1. The first-order valence-electron chi connectivity index (χ1n) is 10.3. The van der Waals surface area contributed by atoms with Gasteiger partial charge in [-0.25, -0.2) is 22.1 Å². The van der Waals surface area contributed by atoms with Gasteiger partial charge in [0.2, 0.25) is 10.0 Å². The first-order chi connectivity index (χ1) is 13.9. The number of ether oxygens (including phenoxy) is 1. The fraction of sp³-hybridized carbons (Fsp3) is 0.650. The Bertz CT molecular complexity index is 771. The second-order valence-electron chi connectivity index (χ2n) is 7.21. The number of para-hydroxylation sites is 1. The predicted molar refractivity (Wildman–Crippen MR) is 130 cm³/mol. The molecule has 1 saturated heterocycles. The summed E-state index contributed by atoms with van der Waals surface area (Å²) in [6.07, 6.45) is 1.80. The molecule has 1 atom stereocenters. The van der Waals surface area contributed by atoms with Gasteiger partial charge in [0, 0.05) is 25.7 Å². The van der Waals surface area contributed by atoms with Crippen molar-refractivity contribution in [1.29, 1.82) is 0 Å².